The topological polar surface area (TPSA) is 148 Å². The number of rotatable bonds is 7. The number of carbonyl (C=O) groups is 4. The number of benzene rings is 7. The first-order chi connectivity index (χ1) is 24.1. The van der Waals surface area contributed by atoms with Gasteiger partial charge in [0.25, 0.3) is 17.7 Å². The minimum atomic E-state index is -1.22. The van der Waals surface area contributed by atoms with Gasteiger partial charge in [0.2, 0.25) is 0 Å². The van der Waals surface area contributed by atoms with Crippen LogP contribution in [0.4, 0.5) is 0 Å². The second kappa shape index (κ2) is 11.5. The van der Waals surface area contributed by atoms with Crippen LogP contribution in [0, 0.1) is 19.3 Å². The Hall–Kier alpha value is -6.61. The lowest BCUT2D eigenvalue weighted by atomic mass is 9.81. The minimum absolute atomic E-state index is 0.0382. The summed E-state index contributed by atoms with van der Waals surface area (Å²) in [4.78, 5) is 53.1. The van der Waals surface area contributed by atoms with Crippen molar-refractivity contribution in [2.45, 2.75) is 26.9 Å². The molecular formula is C41H30N4O5. The fraction of sp³-hybridized carbons (Fsp3) is 0.0976. The molecule has 9 heteroatoms. The monoisotopic (exact) mass is 658 g/mol. The van der Waals surface area contributed by atoms with Gasteiger partial charge < -0.3 is 15.7 Å². The maximum atomic E-state index is 14.1. The molecule has 50 heavy (non-hydrogen) atoms. The first kappa shape index (κ1) is 30.7. The van der Waals surface area contributed by atoms with E-state index >= 15 is 0 Å². The van der Waals surface area contributed by atoms with Crippen molar-refractivity contribution in [1.29, 1.82) is 5.41 Å². The van der Waals surface area contributed by atoms with Gasteiger partial charge in [-0.2, -0.15) is 0 Å². The molecule has 7 aromatic rings. The van der Waals surface area contributed by atoms with E-state index in [1.54, 1.807) is 36.4 Å². The number of aryl methyl sites for hydroxylation is 2. The van der Waals surface area contributed by atoms with Crippen molar-refractivity contribution in [2.75, 3.05) is 0 Å². The Morgan fingerprint density at radius 1 is 0.620 bits per heavy atom. The summed E-state index contributed by atoms with van der Waals surface area (Å²) >= 11 is 0. The summed E-state index contributed by atoms with van der Waals surface area (Å²) in [6.45, 7) is 4.54. The molecule has 0 aromatic heterocycles. The largest absolute Gasteiger partial charge is 0.478 e. The third kappa shape index (κ3) is 4.82. The second-order valence-corrected chi connectivity index (χ2v) is 12.8. The lowest BCUT2D eigenvalue weighted by Gasteiger charge is -2.23. The third-order valence-electron chi connectivity index (χ3n) is 9.55. The van der Waals surface area contributed by atoms with Crippen LogP contribution < -0.4 is 16.0 Å². The molecule has 0 radical (unpaired) electrons. The van der Waals surface area contributed by atoms with Crippen molar-refractivity contribution in [3.8, 4) is 0 Å². The van der Waals surface area contributed by atoms with E-state index in [1.807, 2.05) is 62.4 Å². The first-order valence-electron chi connectivity index (χ1n) is 16.2. The molecule has 3 amide bonds. The quantitative estimate of drug-likeness (QED) is 0.0410. The predicted octanol–water partition coefficient (Wildman–Crippen LogP) is 6.98. The van der Waals surface area contributed by atoms with Gasteiger partial charge in [-0.05, 0) is 76.2 Å². The van der Waals surface area contributed by atoms with Gasteiger partial charge in [0.05, 0.1) is 5.56 Å². The SMILES string of the molecule is Cc1cccc(CNC(=N)c2cc(C(=O)O)c3c4ccc5c6c(ccc(c7ccc(C(=O)NCc8cccc(C)c8)c2c73)c64)C(=O)NC5=O)c1. The van der Waals surface area contributed by atoms with E-state index in [-0.39, 0.29) is 35.0 Å². The smallest absolute Gasteiger partial charge is 0.336 e. The minimum Gasteiger partial charge on any atom is -0.478 e. The molecule has 5 N–H and O–H groups in total. The van der Waals surface area contributed by atoms with E-state index in [1.165, 1.54) is 6.07 Å². The van der Waals surface area contributed by atoms with Crippen LogP contribution in [0.2, 0.25) is 0 Å². The highest BCUT2D eigenvalue weighted by Gasteiger charge is 2.30. The first-order valence-corrected chi connectivity index (χ1v) is 16.2. The van der Waals surface area contributed by atoms with Crippen molar-refractivity contribution in [3.05, 3.63) is 141 Å². The predicted molar refractivity (Wildman–Crippen MR) is 194 cm³/mol. The number of amides is 3. The molecule has 1 heterocycles. The maximum absolute atomic E-state index is 14.1. The normalized spacial score (nSPS) is 12.5. The van der Waals surface area contributed by atoms with Gasteiger partial charge in [-0.15, -0.1) is 0 Å². The van der Waals surface area contributed by atoms with Crippen molar-refractivity contribution < 1.29 is 24.3 Å². The standard InChI is InChI=1S/C41H30N4O5/c1-20-5-3-7-22(15-20)18-43-37(42)30-17-31(41(49)50)33-26-11-14-29-34-28(39(47)45-40(29)48)13-9-24(32(26)34)25-10-12-27(35(30)36(25)33)38(46)44-19-23-8-4-6-21(2)16-23/h3-17H,18-19H2,1-2H3,(H2,42,43)(H,44,46)(H,49,50)(H,45,47,48). The van der Waals surface area contributed by atoms with Gasteiger partial charge in [0, 0.05) is 51.5 Å². The number of carboxylic acids is 1. The molecule has 0 bridgehead atoms. The molecule has 8 rings (SSSR count). The zero-order chi connectivity index (χ0) is 34.8. The van der Waals surface area contributed by atoms with Crippen LogP contribution in [0.1, 0.15) is 69.2 Å². The van der Waals surface area contributed by atoms with Crippen LogP contribution in [0.5, 0.6) is 0 Å². The number of fused-ring (bicyclic) bond motifs is 2. The van der Waals surface area contributed by atoms with Crippen LogP contribution in [0.15, 0.2) is 91.0 Å². The van der Waals surface area contributed by atoms with E-state index in [2.05, 4.69) is 16.0 Å². The maximum Gasteiger partial charge on any atom is 0.336 e. The molecule has 0 saturated carbocycles. The van der Waals surface area contributed by atoms with Crippen LogP contribution in [-0.2, 0) is 13.1 Å². The highest BCUT2D eigenvalue weighted by molar-refractivity contribution is 6.41. The van der Waals surface area contributed by atoms with Gasteiger partial charge in [-0.25, -0.2) is 4.79 Å². The summed E-state index contributed by atoms with van der Waals surface area (Å²) < 4.78 is 0. The van der Waals surface area contributed by atoms with Crippen molar-refractivity contribution >= 4 is 72.6 Å². The Bertz CT molecular complexity index is 2640. The number of carbonyl (C=O) groups excluding carboxylic acids is 3. The van der Waals surface area contributed by atoms with Crippen molar-refractivity contribution in [2.24, 2.45) is 0 Å². The molecule has 1 aliphatic rings. The van der Waals surface area contributed by atoms with E-state index in [4.69, 9.17) is 0 Å². The highest BCUT2D eigenvalue weighted by Crippen LogP contribution is 2.46. The molecular weight excluding hydrogens is 628 g/mol. The molecule has 244 valence electrons. The van der Waals surface area contributed by atoms with Gasteiger partial charge in [0.15, 0.2) is 0 Å². The Morgan fingerprint density at radius 3 is 1.82 bits per heavy atom. The van der Waals surface area contributed by atoms with Gasteiger partial charge in [-0.1, -0.05) is 77.9 Å². The Kier molecular flexibility index (Phi) is 7.08. The Balaban J connectivity index is 1.41. The fourth-order valence-corrected chi connectivity index (χ4v) is 7.38. The van der Waals surface area contributed by atoms with E-state index in [9.17, 15) is 29.7 Å². The fourth-order valence-electron chi connectivity index (χ4n) is 7.38. The molecule has 1 aliphatic heterocycles. The highest BCUT2D eigenvalue weighted by atomic mass is 16.4. The van der Waals surface area contributed by atoms with Crippen LogP contribution >= 0.6 is 0 Å². The summed E-state index contributed by atoms with van der Waals surface area (Å²) in [5.74, 6) is -2.68. The lowest BCUT2D eigenvalue weighted by molar-refractivity contribution is 0.0697. The molecule has 7 aromatic carbocycles. The van der Waals surface area contributed by atoms with E-state index in [0.29, 0.717) is 60.8 Å². The van der Waals surface area contributed by atoms with E-state index in [0.717, 1.165) is 22.3 Å². The van der Waals surface area contributed by atoms with Crippen molar-refractivity contribution in [1.82, 2.24) is 16.0 Å². The zero-order valence-corrected chi connectivity index (χ0v) is 27.2. The number of hydrogen-bond acceptors (Lipinski definition) is 5. The zero-order valence-electron chi connectivity index (χ0n) is 27.2. The molecule has 0 aliphatic carbocycles. The number of imide groups is 1. The number of nitrogens with one attached hydrogen (secondary N) is 4. The Morgan fingerprint density at radius 2 is 1.20 bits per heavy atom. The van der Waals surface area contributed by atoms with Crippen molar-refractivity contribution in [3.63, 3.8) is 0 Å². The molecule has 0 unspecified atom stereocenters. The van der Waals surface area contributed by atoms with E-state index < -0.39 is 17.8 Å². The van der Waals surface area contributed by atoms with Gasteiger partial charge in [-0.3, -0.25) is 25.1 Å². The molecule has 0 spiro atoms. The molecule has 0 saturated heterocycles. The Labute approximate surface area is 285 Å². The molecule has 0 atom stereocenters. The van der Waals surface area contributed by atoms with Crippen LogP contribution in [-0.4, -0.2) is 34.6 Å². The summed E-state index contributed by atoms with van der Waals surface area (Å²) in [5, 5.41) is 32.7. The van der Waals surface area contributed by atoms with Crippen LogP contribution in [0.25, 0.3) is 43.1 Å². The third-order valence-corrected chi connectivity index (χ3v) is 9.55. The number of hydrogen-bond donors (Lipinski definition) is 5. The van der Waals surface area contributed by atoms with Crippen LogP contribution in [0.3, 0.4) is 0 Å². The average Bonchev–Trinajstić information content (AvgIpc) is 3.10. The number of aromatic carboxylic acids is 1. The summed E-state index contributed by atoms with van der Waals surface area (Å²) in [6, 6.07) is 27.4. The van der Waals surface area contributed by atoms with Gasteiger partial charge >= 0.3 is 5.97 Å². The second-order valence-electron chi connectivity index (χ2n) is 12.8. The van der Waals surface area contributed by atoms with Gasteiger partial charge in [0.1, 0.15) is 5.84 Å². The molecule has 9 nitrogen and oxygen atoms in total. The average molecular weight is 659 g/mol. The summed E-state index contributed by atoms with van der Waals surface area (Å²) in [5.41, 5.74) is 5.13. The lowest BCUT2D eigenvalue weighted by Crippen LogP contribution is -2.34. The summed E-state index contributed by atoms with van der Waals surface area (Å²) in [7, 11) is 0. The number of amidine groups is 1. The number of carboxylic acid groups (broad SMARTS) is 1. The summed E-state index contributed by atoms with van der Waals surface area (Å²) in [6.07, 6.45) is 0. The molecule has 0 fully saturated rings.